The largest absolute Gasteiger partial charge is 0.352 e. The van der Waals surface area contributed by atoms with Crippen LogP contribution in [-0.2, 0) is 4.79 Å². The molecule has 1 aromatic carbocycles. The highest BCUT2D eigenvalue weighted by atomic mass is 16.2. The van der Waals surface area contributed by atoms with Crippen molar-refractivity contribution >= 4 is 5.91 Å². The van der Waals surface area contributed by atoms with Gasteiger partial charge in [0.25, 0.3) is 0 Å². The van der Waals surface area contributed by atoms with E-state index in [-0.39, 0.29) is 11.3 Å². The minimum atomic E-state index is -0.205. The van der Waals surface area contributed by atoms with E-state index in [1.165, 1.54) is 5.56 Å². The summed E-state index contributed by atoms with van der Waals surface area (Å²) in [6, 6.07) is 10.8. The molecule has 2 N–H and O–H groups in total. The normalized spacial score (nSPS) is 34.3. The Morgan fingerprint density at radius 1 is 1.39 bits per heavy atom. The molecule has 1 saturated carbocycles. The highest BCUT2D eigenvalue weighted by molar-refractivity contribution is 5.83. The highest BCUT2D eigenvalue weighted by Crippen LogP contribution is 2.41. The molecule has 1 heterocycles. The number of hydrogen-bond donors (Lipinski definition) is 2. The van der Waals surface area contributed by atoms with Crippen LogP contribution < -0.4 is 10.6 Å². The molecule has 1 aliphatic carbocycles. The second kappa shape index (κ2) is 4.39. The van der Waals surface area contributed by atoms with Crippen LogP contribution in [0.25, 0.3) is 0 Å². The molecule has 0 radical (unpaired) electrons. The molecule has 1 saturated heterocycles. The summed E-state index contributed by atoms with van der Waals surface area (Å²) in [5.41, 5.74) is 1.14. The van der Waals surface area contributed by atoms with Crippen molar-refractivity contribution in [2.24, 2.45) is 5.41 Å². The van der Waals surface area contributed by atoms with Crippen molar-refractivity contribution in [3.8, 4) is 0 Å². The summed E-state index contributed by atoms with van der Waals surface area (Å²) >= 11 is 0. The Hall–Kier alpha value is -1.35. The van der Waals surface area contributed by atoms with Gasteiger partial charge in [0.05, 0.1) is 5.41 Å². The number of carbonyl (C=O) groups is 1. The standard InChI is InChI=1S/C15H20N2O/c1-15(7-8-16-10-15)14(18)17-13-9-12(13)11-5-3-2-4-6-11/h2-6,12-13,16H,7-10H2,1H3,(H,17,18). The quantitative estimate of drug-likeness (QED) is 0.849. The Kier molecular flexibility index (Phi) is 2.86. The molecule has 3 unspecified atom stereocenters. The van der Waals surface area contributed by atoms with Gasteiger partial charge in [0.2, 0.25) is 5.91 Å². The lowest BCUT2D eigenvalue weighted by Crippen LogP contribution is -2.41. The average molecular weight is 244 g/mol. The van der Waals surface area contributed by atoms with E-state index in [0.29, 0.717) is 12.0 Å². The van der Waals surface area contributed by atoms with Gasteiger partial charge in [0, 0.05) is 18.5 Å². The topological polar surface area (TPSA) is 41.1 Å². The van der Waals surface area contributed by atoms with Gasteiger partial charge in [-0.25, -0.2) is 0 Å². The molecule has 3 rings (SSSR count). The number of carbonyl (C=O) groups excluding carboxylic acids is 1. The zero-order valence-corrected chi connectivity index (χ0v) is 10.8. The molecule has 3 nitrogen and oxygen atoms in total. The second-order valence-electron chi connectivity index (χ2n) is 5.82. The van der Waals surface area contributed by atoms with E-state index in [2.05, 4.69) is 41.8 Å². The van der Waals surface area contributed by atoms with Crippen molar-refractivity contribution in [1.29, 1.82) is 0 Å². The fraction of sp³-hybridized carbons (Fsp3) is 0.533. The summed E-state index contributed by atoms with van der Waals surface area (Å²) in [5, 5.41) is 6.48. The monoisotopic (exact) mass is 244 g/mol. The fourth-order valence-corrected chi connectivity index (χ4v) is 2.78. The maximum absolute atomic E-state index is 12.2. The molecule has 1 amide bonds. The lowest BCUT2D eigenvalue weighted by Gasteiger charge is -2.21. The third-order valence-electron chi connectivity index (χ3n) is 4.25. The van der Waals surface area contributed by atoms with Crippen LogP contribution >= 0.6 is 0 Å². The summed E-state index contributed by atoms with van der Waals surface area (Å²) in [6.07, 6.45) is 2.03. The number of benzene rings is 1. The number of amides is 1. The smallest absolute Gasteiger partial charge is 0.227 e. The SMILES string of the molecule is CC1(C(=O)NC2CC2c2ccccc2)CCNC1. The van der Waals surface area contributed by atoms with Gasteiger partial charge >= 0.3 is 0 Å². The van der Waals surface area contributed by atoms with E-state index in [4.69, 9.17) is 0 Å². The summed E-state index contributed by atoms with van der Waals surface area (Å²) in [6.45, 7) is 3.82. The molecule has 1 aromatic rings. The van der Waals surface area contributed by atoms with Gasteiger partial charge in [-0.1, -0.05) is 30.3 Å². The van der Waals surface area contributed by atoms with Crippen LogP contribution in [0.15, 0.2) is 30.3 Å². The molecule has 1 aliphatic heterocycles. The zero-order valence-electron chi connectivity index (χ0n) is 10.8. The summed E-state index contributed by atoms with van der Waals surface area (Å²) < 4.78 is 0. The minimum absolute atomic E-state index is 0.205. The maximum atomic E-state index is 12.2. The molecule has 0 spiro atoms. The van der Waals surface area contributed by atoms with E-state index >= 15 is 0 Å². The Labute approximate surface area is 108 Å². The van der Waals surface area contributed by atoms with E-state index in [1.807, 2.05) is 6.07 Å². The first-order chi connectivity index (χ1) is 8.69. The van der Waals surface area contributed by atoms with Crippen molar-refractivity contribution < 1.29 is 4.79 Å². The van der Waals surface area contributed by atoms with Gasteiger partial charge in [-0.3, -0.25) is 4.79 Å². The molecular formula is C15H20N2O. The van der Waals surface area contributed by atoms with Crippen LogP contribution in [0.4, 0.5) is 0 Å². The minimum Gasteiger partial charge on any atom is -0.352 e. The molecule has 2 aliphatic rings. The molecule has 3 heteroatoms. The van der Waals surface area contributed by atoms with E-state index in [1.54, 1.807) is 0 Å². The molecule has 0 aromatic heterocycles. The van der Waals surface area contributed by atoms with Gasteiger partial charge in [-0.15, -0.1) is 0 Å². The van der Waals surface area contributed by atoms with E-state index < -0.39 is 0 Å². The molecule has 2 fully saturated rings. The third-order valence-corrected chi connectivity index (χ3v) is 4.25. The van der Waals surface area contributed by atoms with Crippen LogP contribution in [0.3, 0.4) is 0 Å². The van der Waals surface area contributed by atoms with Crippen molar-refractivity contribution in [3.63, 3.8) is 0 Å². The highest BCUT2D eigenvalue weighted by Gasteiger charge is 2.43. The number of hydrogen-bond acceptors (Lipinski definition) is 2. The molecule has 0 bridgehead atoms. The summed E-state index contributed by atoms with van der Waals surface area (Å²) in [5.74, 6) is 0.740. The molecular weight excluding hydrogens is 224 g/mol. The molecule has 18 heavy (non-hydrogen) atoms. The summed E-state index contributed by atoms with van der Waals surface area (Å²) in [4.78, 5) is 12.2. The Balaban J connectivity index is 1.58. The van der Waals surface area contributed by atoms with Gasteiger partial charge < -0.3 is 10.6 Å². The predicted octanol–water partition coefficient (Wildman–Crippen LogP) is 1.66. The van der Waals surface area contributed by atoms with Crippen molar-refractivity contribution in [2.45, 2.75) is 31.7 Å². The number of nitrogens with one attached hydrogen (secondary N) is 2. The van der Waals surface area contributed by atoms with Crippen LogP contribution in [0.2, 0.25) is 0 Å². The maximum Gasteiger partial charge on any atom is 0.227 e. The first-order valence-corrected chi connectivity index (χ1v) is 6.76. The fourth-order valence-electron chi connectivity index (χ4n) is 2.78. The third kappa shape index (κ3) is 2.15. The van der Waals surface area contributed by atoms with Crippen molar-refractivity contribution in [1.82, 2.24) is 10.6 Å². The van der Waals surface area contributed by atoms with Crippen molar-refractivity contribution in [2.75, 3.05) is 13.1 Å². The Morgan fingerprint density at radius 2 is 2.17 bits per heavy atom. The van der Waals surface area contributed by atoms with Crippen LogP contribution in [0, 0.1) is 5.41 Å². The molecule has 3 atom stereocenters. The van der Waals surface area contributed by atoms with Crippen LogP contribution in [-0.4, -0.2) is 25.0 Å². The second-order valence-corrected chi connectivity index (χ2v) is 5.82. The Morgan fingerprint density at radius 3 is 2.83 bits per heavy atom. The van der Waals surface area contributed by atoms with Gasteiger partial charge in [-0.2, -0.15) is 0 Å². The predicted molar refractivity (Wildman–Crippen MR) is 71.3 cm³/mol. The van der Waals surface area contributed by atoms with Crippen LogP contribution in [0.5, 0.6) is 0 Å². The average Bonchev–Trinajstić information content (AvgIpc) is 3.01. The van der Waals surface area contributed by atoms with Gasteiger partial charge in [-0.05, 0) is 31.9 Å². The molecule has 96 valence electrons. The van der Waals surface area contributed by atoms with Crippen molar-refractivity contribution in [3.05, 3.63) is 35.9 Å². The lowest BCUT2D eigenvalue weighted by atomic mass is 9.89. The first kappa shape index (κ1) is 11.7. The zero-order chi connectivity index (χ0) is 12.6. The lowest BCUT2D eigenvalue weighted by molar-refractivity contribution is -0.129. The van der Waals surface area contributed by atoms with Gasteiger partial charge in [0.15, 0.2) is 0 Å². The van der Waals surface area contributed by atoms with Gasteiger partial charge in [0.1, 0.15) is 0 Å². The van der Waals surface area contributed by atoms with E-state index in [0.717, 1.165) is 25.9 Å². The van der Waals surface area contributed by atoms with Crippen LogP contribution in [0.1, 0.15) is 31.2 Å². The summed E-state index contributed by atoms with van der Waals surface area (Å²) in [7, 11) is 0. The number of rotatable bonds is 3. The Bertz CT molecular complexity index is 437. The first-order valence-electron chi connectivity index (χ1n) is 6.76. The van der Waals surface area contributed by atoms with E-state index in [9.17, 15) is 4.79 Å².